The van der Waals surface area contributed by atoms with Crippen molar-refractivity contribution in [3.8, 4) is 11.5 Å². The second kappa shape index (κ2) is 9.53. The first-order chi connectivity index (χ1) is 15.4. The SMILES string of the molecule is CCc1ccc(OCCCC(=O)N2CCC3(CC2)CC(=O)c2cc(Cl)c(C)cc2O3)cc1. The number of likely N-dealkylation sites (tertiary alicyclic amines) is 1. The Hall–Kier alpha value is -2.53. The molecule has 0 atom stereocenters. The number of amides is 1. The predicted octanol–water partition coefficient (Wildman–Crippen LogP) is 5.40. The number of ketones is 1. The maximum absolute atomic E-state index is 12.7. The minimum absolute atomic E-state index is 0.0667. The summed E-state index contributed by atoms with van der Waals surface area (Å²) >= 11 is 6.18. The highest BCUT2D eigenvalue weighted by atomic mass is 35.5. The fourth-order valence-electron chi connectivity index (χ4n) is 4.45. The van der Waals surface area contributed by atoms with Gasteiger partial charge < -0.3 is 14.4 Å². The Morgan fingerprint density at radius 3 is 2.59 bits per heavy atom. The van der Waals surface area contributed by atoms with Crippen molar-refractivity contribution in [1.82, 2.24) is 4.90 Å². The first-order valence-electron chi connectivity index (χ1n) is 11.4. The molecule has 1 amide bonds. The molecule has 0 N–H and O–H groups in total. The summed E-state index contributed by atoms with van der Waals surface area (Å²) in [7, 11) is 0. The van der Waals surface area contributed by atoms with Gasteiger partial charge in [-0.25, -0.2) is 0 Å². The number of carbonyl (C=O) groups is 2. The number of carbonyl (C=O) groups excluding carboxylic acids is 2. The fourth-order valence-corrected chi connectivity index (χ4v) is 4.61. The van der Waals surface area contributed by atoms with Crippen LogP contribution in [-0.2, 0) is 11.2 Å². The van der Waals surface area contributed by atoms with Gasteiger partial charge in [0.15, 0.2) is 5.78 Å². The van der Waals surface area contributed by atoms with Crippen LogP contribution in [0.2, 0.25) is 5.02 Å². The molecule has 32 heavy (non-hydrogen) atoms. The molecule has 0 aromatic heterocycles. The highest BCUT2D eigenvalue weighted by Gasteiger charge is 2.43. The van der Waals surface area contributed by atoms with Crippen LogP contribution in [0.3, 0.4) is 0 Å². The summed E-state index contributed by atoms with van der Waals surface area (Å²) in [4.78, 5) is 27.3. The Morgan fingerprint density at radius 2 is 1.91 bits per heavy atom. The van der Waals surface area contributed by atoms with Crippen molar-refractivity contribution in [2.24, 2.45) is 0 Å². The molecule has 170 valence electrons. The van der Waals surface area contributed by atoms with Gasteiger partial charge in [-0.1, -0.05) is 30.7 Å². The molecular formula is C26H30ClNO4. The largest absolute Gasteiger partial charge is 0.494 e. The molecule has 0 saturated carbocycles. The lowest BCUT2D eigenvalue weighted by molar-refractivity contribution is -0.135. The van der Waals surface area contributed by atoms with Crippen LogP contribution in [-0.4, -0.2) is 41.9 Å². The van der Waals surface area contributed by atoms with E-state index in [0.717, 1.165) is 17.7 Å². The number of rotatable bonds is 6. The second-order valence-electron chi connectivity index (χ2n) is 8.81. The quantitative estimate of drug-likeness (QED) is 0.547. The summed E-state index contributed by atoms with van der Waals surface area (Å²) in [5, 5.41) is 0.582. The van der Waals surface area contributed by atoms with E-state index in [2.05, 4.69) is 19.1 Å². The van der Waals surface area contributed by atoms with E-state index in [-0.39, 0.29) is 11.7 Å². The van der Waals surface area contributed by atoms with Crippen molar-refractivity contribution < 1.29 is 19.1 Å². The zero-order valence-corrected chi connectivity index (χ0v) is 19.5. The van der Waals surface area contributed by atoms with Gasteiger partial charge in [-0.05, 0) is 55.2 Å². The topological polar surface area (TPSA) is 55.8 Å². The number of aryl methyl sites for hydroxylation is 2. The van der Waals surface area contributed by atoms with Crippen LogP contribution >= 0.6 is 11.6 Å². The van der Waals surface area contributed by atoms with Crippen LogP contribution in [0.15, 0.2) is 36.4 Å². The van der Waals surface area contributed by atoms with Gasteiger partial charge in [-0.2, -0.15) is 0 Å². The van der Waals surface area contributed by atoms with Gasteiger partial charge in [0.05, 0.1) is 18.6 Å². The number of ether oxygens (including phenoxy) is 2. The van der Waals surface area contributed by atoms with Crippen LogP contribution in [0.1, 0.15) is 60.5 Å². The van der Waals surface area contributed by atoms with Crippen molar-refractivity contribution in [3.05, 3.63) is 58.1 Å². The van der Waals surface area contributed by atoms with Crippen molar-refractivity contribution in [3.63, 3.8) is 0 Å². The second-order valence-corrected chi connectivity index (χ2v) is 9.22. The molecule has 0 bridgehead atoms. The van der Waals surface area contributed by atoms with Gasteiger partial charge in [0.2, 0.25) is 5.91 Å². The Labute approximate surface area is 194 Å². The van der Waals surface area contributed by atoms with Crippen LogP contribution in [0.25, 0.3) is 0 Å². The molecule has 5 nitrogen and oxygen atoms in total. The van der Waals surface area contributed by atoms with E-state index in [9.17, 15) is 9.59 Å². The summed E-state index contributed by atoms with van der Waals surface area (Å²) in [5.41, 5.74) is 2.22. The summed E-state index contributed by atoms with van der Waals surface area (Å²) < 4.78 is 12.1. The average molecular weight is 456 g/mol. The average Bonchev–Trinajstić information content (AvgIpc) is 2.79. The molecule has 4 rings (SSSR count). The molecule has 0 unspecified atom stereocenters. The number of piperidine rings is 1. The van der Waals surface area contributed by atoms with Gasteiger partial charge in [0.1, 0.15) is 17.1 Å². The Morgan fingerprint density at radius 1 is 1.19 bits per heavy atom. The summed E-state index contributed by atoms with van der Waals surface area (Å²) in [5.74, 6) is 1.66. The Kier molecular flexibility index (Phi) is 6.75. The van der Waals surface area contributed by atoms with Crippen LogP contribution < -0.4 is 9.47 Å². The molecule has 1 fully saturated rings. The minimum Gasteiger partial charge on any atom is -0.494 e. The van der Waals surface area contributed by atoms with E-state index in [1.165, 1.54) is 5.56 Å². The standard InChI is InChI=1S/C26H30ClNO4/c1-3-19-6-8-20(9-7-19)31-14-4-5-25(30)28-12-10-26(11-13-28)17-23(29)21-16-22(27)18(2)15-24(21)32-26/h6-9,15-16H,3-5,10-14,17H2,1-2H3. The predicted molar refractivity (Wildman–Crippen MR) is 125 cm³/mol. The number of halogens is 1. The van der Waals surface area contributed by atoms with E-state index in [1.807, 2.05) is 30.0 Å². The third-order valence-electron chi connectivity index (χ3n) is 6.53. The zero-order chi connectivity index (χ0) is 22.7. The van der Waals surface area contributed by atoms with E-state index in [1.54, 1.807) is 6.07 Å². The smallest absolute Gasteiger partial charge is 0.222 e. The maximum Gasteiger partial charge on any atom is 0.222 e. The monoisotopic (exact) mass is 455 g/mol. The molecule has 6 heteroatoms. The lowest BCUT2D eigenvalue weighted by atomic mass is 9.82. The van der Waals surface area contributed by atoms with Crippen molar-refractivity contribution in [2.45, 2.75) is 58.0 Å². The van der Waals surface area contributed by atoms with E-state index in [4.69, 9.17) is 21.1 Å². The molecule has 0 aliphatic carbocycles. The summed E-state index contributed by atoms with van der Waals surface area (Å²) in [6, 6.07) is 11.6. The lowest BCUT2D eigenvalue weighted by Crippen LogP contribution is -2.52. The summed E-state index contributed by atoms with van der Waals surface area (Å²) in [6.07, 6.45) is 3.80. The fraction of sp³-hybridized carbons (Fsp3) is 0.462. The number of Topliss-reactive ketones (excluding diaryl/α,β-unsaturated/α-hetero) is 1. The van der Waals surface area contributed by atoms with Crippen LogP contribution in [0, 0.1) is 6.92 Å². The number of hydrogen-bond acceptors (Lipinski definition) is 4. The molecule has 1 saturated heterocycles. The number of nitrogens with zero attached hydrogens (tertiary/aromatic N) is 1. The molecule has 2 aromatic carbocycles. The van der Waals surface area contributed by atoms with Crippen LogP contribution in [0.5, 0.6) is 11.5 Å². The number of hydrogen-bond donors (Lipinski definition) is 0. The molecule has 0 radical (unpaired) electrons. The third kappa shape index (κ3) is 4.93. The molecule has 2 aromatic rings. The first kappa shape index (κ1) is 22.7. The number of fused-ring (bicyclic) bond motifs is 1. The highest BCUT2D eigenvalue weighted by molar-refractivity contribution is 6.31. The molecule has 2 aliphatic heterocycles. The van der Waals surface area contributed by atoms with Gasteiger partial charge in [0.25, 0.3) is 0 Å². The zero-order valence-electron chi connectivity index (χ0n) is 18.8. The molecule has 2 aliphatic rings. The van der Waals surface area contributed by atoms with Gasteiger partial charge in [0, 0.05) is 37.4 Å². The molecule has 2 heterocycles. The van der Waals surface area contributed by atoms with E-state index >= 15 is 0 Å². The first-order valence-corrected chi connectivity index (χ1v) is 11.8. The molecule has 1 spiro atoms. The highest BCUT2D eigenvalue weighted by Crippen LogP contribution is 2.41. The van der Waals surface area contributed by atoms with E-state index < -0.39 is 5.60 Å². The lowest BCUT2D eigenvalue weighted by Gasteiger charge is -2.44. The van der Waals surface area contributed by atoms with Crippen molar-refractivity contribution in [2.75, 3.05) is 19.7 Å². The Bertz CT molecular complexity index is 994. The Balaban J connectivity index is 1.25. The number of benzene rings is 2. The summed E-state index contributed by atoms with van der Waals surface area (Å²) in [6.45, 7) is 5.76. The van der Waals surface area contributed by atoms with Crippen molar-refractivity contribution in [1.29, 1.82) is 0 Å². The van der Waals surface area contributed by atoms with Crippen molar-refractivity contribution >= 4 is 23.3 Å². The minimum atomic E-state index is -0.519. The normalized spacial score (nSPS) is 17.1. The maximum atomic E-state index is 12.7. The van der Waals surface area contributed by atoms with Crippen LogP contribution in [0.4, 0.5) is 0 Å². The van der Waals surface area contributed by atoms with Gasteiger partial charge >= 0.3 is 0 Å². The molecular weight excluding hydrogens is 426 g/mol. The van der Waals surface area contributed by atoms with Gasteiger partial charge in [-0.3, -0.25) is 9.59 Å². The van der Waals surface area contributed by atoms with E-state index in [0.29, 0.717) is 68.1 Å². The van der Waals surface area contributed by atoms with Gasteiger partial charge in [-0.15, -0.1) is 0 Å². The third-order valence-corrected chi connectivity index (χ3v) is 6.94.